The number of thioether (sulfide) groups is 1. The maximum Gasteiger partial charge on any atom is 0.501 e. The van der Waals surface area contributed by atoms with Crippen LogP contribution in [0, 0.1) is 6.92 Å². The fourth-order valence-corrected chi connectivity index (χ4v) is 3.91. The number of hydrogen-bond donors (Lipinski definition) is 1. The number of imide groups is 1. The number of carbonyl (C=O) groups excluding carboxylic acids is 3. The molecule has 6 nitrogen and oxygen atoms in total. The maximum absolute atomic E-state index is 12.7. The van der Waals surface area contributed by atoms with E-state index in [1.165, 1.54) is 21.2 Å². The number of fused-ring (bicyclic) bond motifs is 1. The Morgan fingerprint density at radius 3 is 2.69 bits per heavy atom. The Morgan fingerprint density at radius 1 is 1.27 bits per heavy atom. The van der Waals surface area contributed by atoms with Crippen molar-refractivity contribution < 1.29 is 19.0 Å². The number of rotatable bonds is 6. The van der Waals surface area contributed by atoms with E-state index in [4.69, 9.17) is 0 Å². The van der Waals surface area contributed by atoms with E-state index in [1.807, 2.05) is 38.1 Å². The highest BCUT2D eigenvalue weighted by Gasteiger charge is 2.48. The average Bonchev–Trinajstić information content (AvgIpc) is 3.11. The lowest BCUT2D eigenvalue weighted by Crippen LogP contribution is -2.56. The fraction of sp³-hybridized carbons (Fsp3) is 0.368. The number of urea groups is 1. The second-order valence-corrected chi connectivity index (χ2v) is 7.38. The number of amides is 4. The number of allylic oxidation sites excluding steroid dienone is 1. The Bertz CT molecular complexity index is 799. The summed E-state index contributed by atoms with van der Waals surface area (Å²) in [5, 5.41) is 4.22. The quantitative estimate of drug-likeness (QED) is 0.776. The van der Waals surface area contributed by atoms with Gasteiger partial charge in [0.1, 0.15) is 5.71 Å². The molecule has 2 aliphatic rings. The highest BCUT2D eigenvalue weighted by atomic mass is 32.2. The molecule has 1 unspecified atom stereocenters. The molecule has 1 N–H and O–H groups in total. The van der Waals surface area contributed by atoms with Gasteiger partial charge in [-0.25, -0.2) is 4.79 Å². The largest absolute Gasteiger partial charge is 0.501 e. The molecule has 0 aromatic heterocycles. The Labute approximate surface area is 156 Å². The van der Waals surface area contributed by atoms with Crippen molar-refractivity contribution in [3.8, 4) is 0 Å². The number of nitrogens with zero attached hydrogens (tertiary/aromatic N) is 2. The normalized spacial score (nSPS) is 19.2. The van der Waals surface area contributed by atoms with Gasteiger partial charge in [0.25, 0.3) is 5.91 Å². The molecule has 1 aromatic carbocycles. The molecular formula is C19H22N3O3S+. The van der Waals surface area contributed by atoms with Crippen molar-refractivity contribution in [1.29, 1.82) is 0 Å². The smallest absolute Gasteiger partial charge is 0.349 e. The molecule has 3 rings (SSSR count). The van der Waals surface area contributed by atoms with Crippen LogP contribution < -0.4 is 5.32 Å². The molecule has 2 heterocycles. The van der Waals surface area contributed by atoms with Gasteiger partial charge in [-0.2, -0.15) is 14.3 Å². The number of nitrogens with one attached hydrogen (secondary N) is 1. The Morgan fingerprint density at radius 2 is 2.00 bits per heavy atom. The molecule has 2 aliphatic heterocycles. The van der Waals surface area contributed by atoms with E-state index in [-0.39, 0.29) is 18.4 Å². The van der Waals surface area contributed by atoms with Crippen LogP contribution in [0.1, 0.15) is 24.5 Å². The topological polar surface area (TPSA) is 69.5 Å². The summed E-state index contributed by atoms with van der Waals surface area (Å²) in [6, 6.07) is 7.49. The lowest BCUT2D eigenvalue weighted by Gasteiger charge is -2.23. The van der Waals surface area contributed by atoms with Crippen molar-refractivity contribution in [3.05, 3.63) is 46.9 Å². The third kappa shape index (κ3) is 3.72. The average molecular weight is 372 g/mol. The molecule has 0 aliphatic carbocycles. The minimum absolute atomic E-state index is 0.0884. The van der Waals surface area contributed by atoms with Crippen LogP contribution >= 0.6 is 11.8 Å². The number of benzene rings is 1. The first-order valence-corrected chi connectivity index (χ1v) is 9.59. The van der Waals surface area contributed by atoms with Crippen LogP contribution in [0.4, 0.5) is 4.79 Å². The van der Waals surface area contributed by atoms with Gasteiger partial charge in [0.05, 0.1) is 6.54 Å². The molecule has 1 aromatic rings. The molecule has 0 fully saturated rings. The molecule has 0 radical (unpaired) electrons. The third-order valence-corrected chi connectivity index (χ3v) is 5.35. The molecule has 26 heavy (non-hydrogen) atoms. The zero-order valence-corrected chi connectivity index (χ0v) is 15.7. The van der Waals surface area contributed by atoms with Gasteiger partial charge in [-0.3, -0.25) is 4.79 Å². The van der Waals surface area contributed by atoms with Crippen molar-refractivity contribution in [3.63, 3.8) is 0 Å². The molecule has 0 saturated carbocycles. The highest BCUT2D eigenvalue weighted by Crippen LogP contribution is 2.27. The van der Waals surface area contributed by atoms with Crippen LogP contribution in [0.3, 0.4) is 0 Å². The third-order valence-electron chi connectivity index (χ3n) is 4.35. The summed E-state index contributed by atoms with van der Waals surface area (Å²) >= 11 is 1.37. The van der Waals surface area contributed by atoms with Crippen LogP contribution in [0.25, 0.3) is 0 Å². The summed E-state index contributed by atoms with van der Waals surface area (Å²) < 4.78 is 1.42. The van der Waals surface area contributed by atoms with Gasteiger partial charge in [0.2, 0.25) is 0 Å². The Hall–Kier alpha value is -2.41. The number of carbonyl (C=O) groups is 3. The summed E-state index contributed by atoms with van der Waals surface area (Å²) in [6.45, 7) is 4.60. The van der Waals surface area contributed by atoms with E-state index < -0.39 is 11.3 Å². The first-order chi connectivity index (χ1) is 12.5. The standard InChI is InChI=1S/C19H21N3O3S/c1-3-9-21-18(24)17-15(8-10-26-17)22(19(21)25)12-16(23)20-11-14-6-4-13(2)5-7-14/h4-8,10,17H,3,9,11-12H2,1-2H3/p+1. The van der Waals surface area contributed by atoms with Gasteiger partial charge in [0, 0.05) is 6.54 Å². The molecule has 0 saturated heterocycles. The SMILES string of the molecule is CCCN1C(=O)C2SC=CC2=[N+](CC(=O)NCc2ccc(C)cc2)C1=O. The minimum Gasteiger partial charge on any atom is -0.349 e. The van der Waals surface area contributed by atoms with E-state index in [0.717, 1.165) is 11.1 Å². The van der Waals surface area contributed by atoms with E-state index in [1.54, 1.807) is 11.5 Å². The molecule has 7 heteroatoms. The van der Waals surface area contributed by atoms with Crippen molar-refractivity contribution in [2.75, 3.05) is 13.1 Å². The molecule has 0 spiro atoms. The predicted octanol–water partition coefficient (Wildman–Crippen LogP) is 2.07. The van der Waals surface area contributed by atoms with Gasteiger partial charge in [-0.15, -0.1) is 11.8 Å². The summed E-state index contributed by atoms with van der Waals surface area (Å²) in [7, 11) is 0. The van der Waals surface area contributed by atoms with E-state index >= 15 is 0 Å². The van der Waals surface area contributed by atoms with E-state index in [0.29, 0.717) is 25.2 Å². The van der Waals surface area contributed by atoms with Crippen LogP contribution in [-0.4, -0.2) is 51.4 Å². The van der Waals surface area contributed by atoms with Crippen molar-refractivity contribution in [1.82, 2.24) is 10.2 Å². The van der Waals surface area contributed by atoms with Gasteiger partial charge in [-0.05, 0) is 30.4 Å². The van der Waals surface area contributed by atoms with Crippen LogP contribution in [0.2, 0.25) is 0 Å². The second-order valence-electron chi connectivity index (χ2n) is 6.36. The van der Waals surface area contributed by atoms with E-state index in [9.17, 15) is 14.4 Å². The zero-order valence-electron chi connectivity index (χ0n) is 14.9. The fourth-order valence-electron chi connectivity index (χ4n) is 2.95. The van der Waals surface area contributed by atoms with Crippen molar-refractivity contribution in [2.45, 2.75) is 32.1 Å². The monoisotopic (exact) mass is 372 g/mol. The minimum atomic E-state index is -0.427. The molecule has 0 bridgehead atoms. The molecule has 1 atom stereocenters. The van der Waals surface area contributed by atoms with Gasteiger partial charge < -0.3 is 5.32 Å². The lowest BCUT2D eigenvalue weighted by atomic mass is 10.1. The van der Waals surface area contributed by atoms with E-state index in [2.05, 4.69) is 5.32 Å². The van der Waals surface area contributed by atoms with Crippen molar-refractivity contribution in [2.24, 2.45) is 0 Å². The first kappa shape index (κ1) is 18.4. The maximum atomic E-state index is 12.7. The van der Waals surface area contributed by atoms with Gasteiger partial charge >= 0.3 is 11.9 Å². The number of aryl methyl sites for hydroxylation is 1. The highest BCUT2D eigenvalue weighted by molar-refractivity contribution is 8.04. The lowest BCUT2D eigenvalue weighted by molar-refractivity contribution is -0.426. The summed E-state index contributed by atoms with van der Waals surface area (Å²) in [5.41, 5.74) is 2.76. The first-order valence-electron chi connectivity index (χ1n) is 8.65. The molecule has 136 valence electrons. The number of hydrogen-bond acceptors (Lipinski definition) is 4. The summed E-state index contributed by atoms with van der Waals surface area (Å²) in [6.07, 6.45) is 2.44. The van der Waals surface area contributed by atoms with Crippen LogP contribution in [-0.2, 0) is 16.1 Å². The summed E-state index contributed by atoms with van der Waals surface area (Å²) in [5.74, 6) is -0.445. The van der Waals surface area contributed by atoms with Gasteiger partial charge in [0.15, 0.2) is 11.8 Å². The van der Waals surface area contributed by atoms with Crippen molar-refractivity contribution >= 4 is 35.3 Å². The zero-order chi connectivity index (χ0) is 18.7. The Balaban J connectivity index is 1.71. The summed E-state index contributed by atoms with van der Waals surface area (Å²) in [4.78, 5) is 38.8. The molecular weight excluding hydrogens is 350 g/mol. The van der Waals surface area contributed by atoms with Gasteiger partial charge in [-0.1, -0.05) is 36.8 Å². The molecule has 4 amide bonds. The second kappa shape index (κ2) is 7.86. The van der Waals surface area contributed by atoms with Crippen LogP contribution in [0.5, 0.6) is 0 Å². The Kier molecular flexibility index (Phi) is 5.56. The van der Waals surface area contributed by atoms with Crippen LogP contribution in [0.15, 0.2) is 35.7 Å². The predicted molar refractivity (Wildman–Crippen MR) is 101 cm³/mol.